The minimum atomic E-state index is -0.383. The Kier molecular flexibility index (Phi) is 6.79. The van der Waals surface area contributed by atoms with Crippen LogP contribution >= 0.6 is 0 Å². The summed E-state index contributed by atoms with van der Waals surface area (Å²) in [7, 11) is 2.11. The van der Waals surface area contributed by atoms with Gasteiger partial charge in [-0.05, 0) is 75.6 Å². The number of rotatable bonds is 9. The molecule has 1 saturated heterocycles. The third-order valence-electron chi connectivity index (χ3n) is 7.78. The lowest BCUT2D eigenvalue weighted by Crippen LogP contribution is -2.37. The molecule has 34 heavy (non-hydrogen) atoms. The highest BCUT2D eigenvalue weighted by Gasteiger charge is 2.47. The van der Waals surface area contributed by atoms with Crippen molar-refractivity contribution in [3.8, 4) is 5.82 Å². The van der Waals surface area contributed by atoms with Gasteiger partial charge < -0.3 is 9.64 Å². The average molecular weight is 468 g/mol. The summed E-state index contributed by atoms with van der Waals surface area (Å²) < 4.78 is 6.66. The molecule has 4 heterocycles. The van der Waals surface area contributed by atoms with Crippen LogP contribution < -0.4 is 0 Å². The van der Waals surface area contributed by atoms with Crippen LogP contribution in [0.25, 0.3) is 5.82 Å². The van der Waals surface area contributed by atoms with E-state index in [0.717, 1.165) is 36.9 Å². The molecule has 2 aliphatic rings. The van der Waals surface area contributed by atoms with E-state index in [1.165, 1.54) is 11.0 Å². The molecule has 10 heteroatoms. The molecule has 0 bridgehead atoms. The summed E-state index contributed by atoms with van der Waals surface area (Å²) in [6.45, 7) is 9.05. The fraction of sp³-hybridized carbons (Fsp3) is 0.583. The molecule has 0 aliphatic carbocycles. The quantitative estimate of drug-likeness (QED) is 0.518. The zero-order valence-electron chi connectivity index (χ0n) is 20.6. The molecule has 0 N–H and O–H groups in total. The summed E-state index contributed by atoms with van der Waals surface area (Å²) >= 11 is 0. The number of tetrazole rings is 1. The fourth-order valence-electron chi connectivity index (χ4n) is 4.92. The van der Waals surface area contributed by atoms with Crippen LogP contribution in [0.4, 0.5) is 0 Å². The smallest absolute Gasteiger partial charge is 0.336 e. The summed E-state index contributed by atoms with van der Waals surface area (Å²) in [4.78, 5) is 33.8. The number of hydrogen-bond donors (Lipinski definition) is 0. The van der Waals surface area contributed by atoms with Gasteiger partial charge >= 0.3 is 5.97 Å². The van der Waals surface area contributed by atoms with Gasteiger partial charge in [0.1, 0.15) is 12.9 Å². The lowest BCUT2D eigenvalue weighted by molar-refractivity contribution is -0.137. The number of likely N-dealkylation sites (tertiary alicyclic amines) is 1. The predicted molar refractivity (Wildman–Crippen MR) is 125 cm³/mol. The van der Waals surface area contributed by atoms with E-state index in [9.17, 15) is 9.59 Å². The van der Waals surface area contributed by atoms with Gasteiger partial charge in [-0.3, -0.25) is 9.69 Å². The van der Waals surface area contributed by atoms with Crippen molar-refractivity contribution in [2.24, 2.45) is 5.41 Å². The first-order valence-electron chi connectivity index (χ1n) is 11.9. The summed E-state index contributed by atoms with van der Waals surface area (Å²) in [5.74, 6) is 0.486. The monoisotopic (exact) mass is 467 g/mol. The van der Waals surface area contributed by atoms with Crippen LogP contribution in [0.5, 0.6) is 0 Å². The van der Waals surface area contributed by atoms with Gasteiger partial charge in [-0.25, -0.2) is 9.78 Å². The Morgan fingerprint density at radius 1 is 1.26 bits per heavy atom. The van der Waals surface area contributed by atoms with E-state index in [4.69, 9.17) is 4.74 Å². The Morgan fingerprint density at radius 2 is 2.06 bits per heavy atom. The number of amides is 1. The van der Waals surface area contributed by atoms with Gasteiger partial charge in [-0.2, -0.15) is 4.68 Å². The second-order valence-corrected chi connectivity index (χ2v) is 9.42. The van der Waals surface area contributed by atoms with Crippen LogP contribution in [0.15, 0.2) is 35.9 Å². The van der Waals surface area contributed by atoms with Crippen molar-refractivity contribution in [2.75, 3.05) is 20.2 Å². The second-order valence-electron chi connectivity index (χ2n) is 9.42. The number of carbonyl (C=O) groups excluding carboxylic acids is 2. The Hall–Kier alpha value is -3.14. The van der Waals surface area contributed by atoms with Crippen molar-refractivity contribution in [3.63, 3.8) is 0 Å². The van der Waals surface area contributed by atoms with Gasteiger partial charge in [0.05, 0.1) is 16.7 Å². The number of ether oxygens (including phenoxy) is 1. The molecule has 2 aromatic heterocycles. The first kappa shape index (κ1) is 24.0. The number of esters is 1. The first-order valence-corrected chi connectivity index (χ1v) is 11.9. The van der Waals surface area contributed by atoms with Crippen LogP contribution in [0.3, 0.4) is 0 Å². The van der Waals surface area contributed by atoms with Crippen LogP contribution in [-0.4, -0.2) is 73.1 Å². The highest BCUT2D eigenvalue weighted by Crippen LogP contribution is 2.43. The molecule has 10 nitrogen and oxygen atoms in total. The largest absolute Gasteiger partial charge is 0.456 e. The molecule has 0 radical (unpaired) electrons. The maximum absolute atomic E-state index is 13.5. The average Bonchev–Trinajstić information content (AvgIpc) is 3.58. The zero-order chi connectivity index (χ0) is 24.5. The molecule has 0 unspecified atom stereocenters. The number of nitrogens with zero attached hydrogens (tertiary/aromatic N) is 7. The second kappa shape index (κ2) is 9.61. The highest BCUT2D eigenvalue weighted by atomic mass is 16.5. The van der Waals surface area contributed by atoms with E-state index in [1.807, 2.05) is 18.3 Å². The summed E-state index contributed by atoms with van der Waals surface area (Å²) in [6, 6.07) is 4.39. The highest BCUT2D eigenvalue weighted by molar-refractivity contribution is 5.94. The van der Waals surface area contributed by atoms with Gasteiger partial charge in [0, 0.05) is 24.8 Å². The van der Waals surface area contributed by atoms with Crippen molar-refractivity contribution in [2.45, 2.75) is 65.5 Å². The molecule has 2 aromatic rings. The van der Waals surface area contributed by atoms with E-state index < -0.39 is 0 Å². The number of carbonyl (C=O) groups is 2. The molecular weight excluding hydrogens is 434 g/mol. The number of cyclic esters (lactones) is 1. The molecule has 2 aliphatic heterocycles. The van der Waals surface area contributed by atoms with Gasteiger partial charge in [0.2, 0.25) is 5.91 Å². The maximum atomic E-state index is 13.5. The molecule has 0 spiro atoms. The molecular formula is C24H33N7O3. The maximum Gasteiger partial charge on any atom is 0.336 e. The SMILES string of the molecule is CC[C@@]1(CC[C@@H](C)N(C)[C@@H](C)c2ccc(-n3cnnn3)nc2)CCN(C2=C(C)C(=O)OC2)C1=O. The normalized spacial score (nSPS) is 22.6. The Morgan fingerprint density at radius 3 is 2.65 bits per heavy atom. The third kappa shape index (κ3) is 4.34. The van der Waals surface area contributed by atoms with Crippen molar-refractivity contribution in [1.82, 2.24) is 35.0 Å². The summed E-state index contributed by atoms with van der Waals surface area (Å²) in [5.41, 5.74) is 2.02. The molecule has 182 valence electrons. The lowest BCUT2D eigenvalue weighted by Gasteiger charge is -2.34. The minimum Gasteiger partial charge on any atom is -0.456 e. The van der Waals surface area contributed by atoms with Crippen LogP contribution in [0.2, 0.25) is 0 Å². The van der Waals surface area contributed by atoms with Crippen LogP contribution in [0.1, 0.15) is 65.0 Å². The van der Waals surface area contributed by atoms with Gasteiger partial charge in [-0.15, -0.1) is 5.10 Å². The Labute approximate surface area is 200 Å². The number of aromatic nitrogens is 5. The fourth-order valence-corrected chi connectivity index (χ4v) is 4.92. The van der Waals surface area contributed by atoms with E-state index in [-0.39, 0.29) is 36.0 Å². The van der Waals surface area contributed by atoms with Crippen molar-refractivity contribution in [3.05, 3.63) is 41.5 Å². The van der Waals surface area contributed by atoms with Crippen molar-refractivity contribution < 1.29 is 14.3 Å². The lowest BCUT2D eigenvalue weighted by atomic mass is 9.78. The molecule has 1 amide bonds. The van der Waals surface area contributed by atoms with E-state index in [1.54, 1.807) is 11.8 Å². The van der Waals surface area contributed by atoms with E-state index in [0.29, 0.717) is 17.9 Å². The van der Waals surface area contributed by atoms with E-state index in [2.05, 4.69) is 53.2 Å². The van der Waals surface area contributed by atoms with Crippen LogP contribution in [0, 0.1) is 5.41 Å². The standard InChI is InChI=1S/C24H33N7O3/c1-6-24(11-12-30(23(24)33)20-14-34-22(32)17(20)3)10-9-16(2)29(5)18(4)19-7-8-21(25-13-19)31-15-26-27-28-31/h7-8,13,15-16,18H,6,9-12,14H2,1-5H3/t16-,18+,24-/m1/s1. The molecule has 0 saturated carbocycles. The number of hydrogen-bond acceptors (Lipinski definition) is 8. The summed E-state index contributed by atoms with van der Waals surface area (Å²) in [6.07, 6.45) is 6.69. The zero-order valence-corrected chi connectivity index (χ0v) is 20.6. The van der Waals surface area contributed by atoms with Crippen LogP contribution in [-0.2, 0) is 14.3 Å². The van der Waals surface area contributed by atoms with Crippen molar-refractivity contribution in [1.29, 1.82) is 0 Å². The Balaban J connectivity index is 1.38. The molecule has 3 atom stereocenters. The number of pyridine rings is 1. The van der Waals surface area contributed by atoms with Crippen molar-refractivity contribution >= 4 is 11.9 Å². The Bertz CT molecular complexity index is 1070. The molecule has 4 rings (SSSR count). The van der Waals surface area contributed by atoms with Gasteiger partial charge in [0.15, 0.2) is 5.82 Å². The molecule has 1 fully saturated rings. The topological polar surface area (TPSA) is 106 Å². The molecule has 0 aromatic carbocycles. The first-order chi connectivity index (χ1) is 16.3. The third-order valence-corrected chi connectivity index (χ3v) is 7.78. The van der Waals surface area contributed by atoms with Gasteiger partial charge in [-0.1, -0.05) is 13.0 Å². The summed E-state index contributed by atoms with van der Waals surface area (Å²) in [5, 5.41) is 11.2. The predicted octanol–water partition coefficient (Wildman–Crippen LogP) is 2.68. The van der Waals surface area contributed by atoms with Gasteiger partial charge in [0.25, 0.3) is 0 Å². The van der Waals surface area contributed by atoms with E-state index >= 15 is 0 Å². The minimum absolute atomic E-state index is 0.132.